The standard InChI is InChI=1S/C18H17N7O4/c1-25-16(27)11-4-5-12(29-7-3-6-19)14(28-2)13(11)23-18(25)24-15(26)10-8-21-17(20)22-9-10/h4-5,8-9H,3,7H2,1-2H3,(H2,20,21,22)(H,23,24,26). The Labute approximate surface area is 164 Å². The van der Waals surface area contributed by atoms with Crippen LogP contribution in [0.1, 0.15) is 16.8 Å². The Morgan fingerprint density at radius 2 is 2.07 bits per heavy atom. The molecule has 0 aliphatic heterocycles. The zero-order valence-corrected chi connectivity index (χ0v) is 15.7. The number of nitrogens with one attached hydrogen (secondary N) is 1. The molecule has 0 saturated carbocycles. The van der Waals surface area contributed by atoms with Gasteiger partial charge in [0.25, 0.3) is 11.5 Å². The average molecular weight is 395 g/mol. The van der Waals surface area contributed by atoms with Gasteiger partial charge in [0.2, 0.25) is 11.9 Å². The van der Waals surface area contributed by atoms with Gasteiger partial charge in [-0.1, -0.05) is 0 Å². The normalized spacial score (nSPS) is 10.4. The Morgan fingerprint density at radius 3 is 2.72 bits per heavy atom. The van der Waals surface area contributed by atoms with E-state index in [9.17, 15) is 9.59 Å². The zero-order chi connectivity index (χ0) is 21.0. The molecule has 0 unspecified atom stereocenters. The molecule has 3 rings (SSSR count). The lowest BCUT2D eigenvalue weighted by Gasteiger charge is -2.14. The van der Waals surface area contributed by atoms with Crippen LogP contribution in [0.3, 0.4) is 0 Å². The summed E-state index contributed by atoms with van der Waals surface area (Å²) in [6.07, 6.45) is 2.72. The number of aromatic nitrogens is 4. The van der Waals surface area contributed by atoms with Gasteiger partial charge in [-0.05, 0) is 12.1 Å². The highest BCUT2D eigenvalue weighted by molar-refractivity contribution is 6.03. The van der Waals surface area contributed by atoms with Crippen molar-refractivity contribution in [3.63, 3.8) is 0 Å². The van der Waals surface area contributed by atoms with Crippen LogP contribution in [-0.4, -0.2) is 39.1 Å². The lowest BCUT2D eigenvalue weighted by molar-refractivity contribution is 0.102. The van der Waals surface area contributed by atoms with Crippen LogP contribution in [-0.2, 0) is 7.05 Å². The molecular weight excluding hydrogens is 378 g/mol. The molecule has 1 amide bonds. The molecule has 0 bridgehead atoms. The minimum Gasteiger partial charge on any atom is -0.491 e. The molecule has 2 heterocycles. The SMILES string of the molecule is COc1c(OCCC#N)ccc2c(=O)n(C)c(NC(=O)c3cnc(N)nc3)nc12. The van der Waals surface area contributed by atoms with Crippen molar-refractivity contribution in [1.29, 1.82) is 5.26 Å². The number of methoxy groups -OCH3 is 1. The number of carbonyl (C=O) groups is 1. The van der Waals surface area contributed by atoms with Crippen LogP contribution in [0.15, 0.2) is 29.3 Å². The maximum absolute atomic E-state index is 12.7. The molecule has 0 spiro atoms. The highest BCUT2D eigenvalue weighted by Crippen LogP contribution is 2.33. The largest absolute Gasteiger partial charge is 0.491 e. The first-order chi connectivity index (χ1) is 14.0. The first-order valence-electron chi connectivity index (χ1n) is 8.42. The molecule has 0 atom stereocenters. The van der Waals surface area contributed by atoms with Crippen LogP contribution in [0, 0.1) is 11.3 Å². The minimum absolute atomic E-state index is 0.00296. The molecule has 0 radical (unpaired) electrons. The van der Waals surface area contributed by atoms with Gasteiger partial charge < -0.3 is 15.2 Å². The second kappa shape index (κ2) is 8.22. The molecule has 29 heavy (non-hydrogen) atoms. The fourth-order valence-corrected chi connectivity index (χ4v) is 2.55. The smallest absolute Gasteiger partial charge is 0.262 e. The number of ether oxygens (including phenoxy) is 2. The van der Waals surface area contributed by atoms with E-state index in [0.29, 0.717) is 5.75 Å². The van der Waals surface area contributed by atoms with E-state index in [-0.39, 0.29) is 52.7 Å². The number of anilines is 2. The van der Waals surface area contributed by atoms with E-state index in [1.807, 2.05) is 6.07 Å². The van der Waals surface area contributed by atoms with Crippen LogP contribution < -0.4 is 26.1 Å². The Bertz CT molecular complexity index is 1170. The molecular formula is C18H17N7O4. The quantitative estimate of drug-likeness (QED) is 0.577. The van der Waals surface area contributed by atoms with E-state index < -0.39 is 5.91 Å². The Hall–Kier alpha value is -4.20. The van der Waals surface area contributed by atoms with E-state index in [4.69, 9.17) is 20.5 Å². The zero-order valence-electron chi connectivity index (χ0n) is 15.7. The second-order valence-electron chi connectivity index (χ2n) is 5.83. The summed E-state index contributed by atoms with van der Waals surface area (Å²) in [7, 11) is 2.89. The number of benzene rings is 1. The summed E-state index contributed by atoms with van der Waals surface area (Å²) in [6.45, 7) is 0.157. The van der Waals surface area contributed by atoms with Crippen molar-refractivity contribution >= 4 is 28.7 Å². The number of nitriles is 1. The molecule has 0 fully saturated rings. The van der Waals surface area contributed by atoms with Gasteiger partial charge in [-0.2, -0.15) is 5.26 Å². The fourth-order valence-electron chi connectivity index (χ4n) is 2.55. The van der Waals surface area contributed by atoms with Gasteiger partial charge in [0.05, 0.1) is 30.5 Å². The van der Waals surface area contributed by atoms with Crippen LogP contribution >= 0.6 is 0 Å². The molecule has 3 aromatic rings. The number of hydrogen-bond acceptors (Lipinski definition) is 9. The summed E-state index contributed by atoms with van der Waals surface area (Å²) in [6, 6.07) is 5.10. The number of nitrogens with two attached hydrogens (primary N) is 1. The van der Waals surface area contributed by atoms with Crippen molar-refractivity contribution in [2.75, 3.05) is 24.8 Å². The summed E-state index contributed by atoms with van der Waals surface area (Å²) >= 11 is 0. The maximum Gasteiger partial charge on any atom is 0.262 e. The fraction of sp³-hybridized carbons (Fsp3) is 0.222. The van der Waals surface area contributed by atoms with Gasteiger partial charge >= 0.3 is 0 Å². The lowest BCUT2D eigenvalue weighted by atomic mass is 10.2. The van der Waals surface area contributed by atoms with Crippen LogP contribution in [0.5, 0.6) is 11.5 Å². The summed E-state index contributed by atoms with van der Waals surface area (Å²) < 4.78 is 12.1. The lowest BCUT2D eigenvalue weighted by Crippen LogP contribution is -2.25. The minimum atomic E-state index is -0.563. The van der Waals surface area contributed by atoms with Crippen molar-refractivity contribution in [2.24, 2.45) is 7.05 Å². The molecule has 11 nitrogen and oxygen atoms in total. The van der Waals surface area contributed by atoms with Crippen molar-refractivity contribution in [3.05, 3.63) is 40.4 Å². The molecule has 11 heteroatoms. The van der Waals surface area contributed by atoms with Gasteiger partial charge in [0.15, 0.2) is 11.5 Å². The van der Waals surface area contributed by atoms with Crippen molar-refractivity contribution in [2.45, 2.75) is 6.42 Å². The molecule has 0 aliphatic rings. The molecule has 1 aromatic carbocycles. The van der Waals surface area contributed by atoms with Gasteiger partial charge in [-0.15, -0.1) is 0 Å². The van der Waals surface area contributed by atoms with Crippen molar-refractivity contribution in [3.8, 4) is 17.6 Å². The first-order valence-corrected chi connectivity index (χ1v) is 8.42. The van der Waals surface area contributed by atoms with Crippen LogP contribution in [0.2, 0.25) is 0 Å². The van der Waals surface area contributed by atoms with Crippen molar-refractivity contribution in [1.82, 2.24) is 19.5 Å². The third-order valence-electron chi connectivity index (χ3n) is 4.00. The molecule has 0 saturated heterocycles. The second-order valence-corrected chi connectivity index (χ2v) is 5.83. The number of carbonyl (C=O) groups excluding carboxylic acids is 1. The highest BCUT2D eigenvalue weighted by Gasteiger charge is 2.18. The third-order valence-corrected chi connectivity index (χ3v) is 4.00. The summed E-state index contributed by atoms with van der Waals surface area (Å²) in [4.78, 5) is 37.1. The number of hydrogen-bond donors (Lipinski definition) is 2. The number of rotatable bonds is 6. The average Bonchev–Trinajstić information content (AvgIpc) is 2.72. The topological polar surface area (TPSA) is 158 Å². The first kappa shape index (κ1) is 19.6. The Balaban J connectivity index is 2.04. The third kappa shape index (κ3) is 3.91. The Kier molecular flexibility index (Phi) is 5.54. The maximum atomic E-state index is 12.7. The van der Waals surface area contributed by atoms with E-state index in [0.717, 1.165) is 0 Å². The predicted octanol–water partition coefficient (Wildman–Crippen LogP) is 0.859. The summed E-state index contributed by atoms with van der Waals surface area (Å²) in [5.41, 5.74) is 5.40. The molecule has 0 aliphatic carbocycles. The monoisotopic (exact) mass is 395 g/mol. The van der Waals surface area contributed by atoms with E-state index in [1.165, 1.54) is 31.1 Å². The van der Waals surface area contributed by atoms with Crippen LogP contribution in [0.4, 0.5) is 11.9 Å². The van der Waals surface area contributed by atoms with Gasteiger partial charge in [0.1, 0.15) is 12.1 Å². The van der Waals surface area contributed by atoms with Gasteiger partial charge in [-0.25, -0.2) is 15.0 Å². The van der Waals surface area contributed by atoms with Gasteiger partial charge in [-0.3, -0.25) is 19.5 Å². The van der Waals surface area contributed by atoms with E-state index in [1.54, 1.807) is 12.1 Å². The van der Waals surface area contributed by atoms with E-state index >= 15 is 0 Å². The number of amides is 1. The van der Waals surface area contributed by atoms with Gasteiger partial charge in [0, 0.05) is 19.4 Å². The molecule has 3 N–H and O–H groups in total. The highest BCUT2D eigenvalue weighted by atomic mass is 16.5. The van der Waals surface area contributed by atoms with E-state index in [2.05, 4.69) is 20.3 Å². The summed E-state index contributed by atoms with van der Waals surface area (Å²) in [5, 5.41) is 11.5. The molecule has 2 aromatic heterocycles. The molecule has 148 valence electrons. The summed E-state index contributed by atoms with van der Waals surface area (Å²) in [5.74, 6) is 0.0279. The van der Waals surface area contributed by atoms with Crippen LogP contribution in [0.25, 0.3) is 10.9 Å². The predicted molar refractivity (Wildman–Crippen MR) is 104 cm³/mol. The number of nitrogen functional groups attached to an aromatic ring is 1. The Morgan fingerprint density at radius 1 is 1.34 bits per heavy atom. The number of fused-ring (bicyclic) bond motifs is 1. The van der Waals surface area contributed by atoms with Crippen molar-refractivity contribution < 1.29 is 14.3 Å². The number of nitrogens with zero attached hydrogens (tertiary/aromatic N) is 5.